The molecule has 0 atom stereocenters. The normalized spacial score (nSPS) is 15.4. The quantitative estimate of drug-likeness (QED) is 0.666. The molecule has 0 radical (unpaired) electrons. The van der Waals surface area contributed by atoms with Gasteiger partial charge < -0.3 is 4.90 Å². The maximum absolute atomic E-state index is 12.7. The van der Waals surface area contributed by atoms with Gasteiger partial charge in [0.25, 0.3) is 5.91 Å². The molecule has 32 heavy (non-hydrogen) atoms. The maximum atomic E-state index is 12.7. The largest absolute Gasteiger partial charge is 0.416 e. The van der Waals surface area contributed by atoms with Crippen molar-refractivity contribution in [2.75, 3.05) is 32.7 Å². The number of alkyl halides is 3. The molecule has 1 amide bonds. The average Bonchev–Trinajstić information content (AvgIpc) is 2.78. The van der Waals surface area contributed by atoms with Crippen molar-refractivity contribution in [3.05, 3.63) is 65.2 Å². The van der Waals surface area contributed by atoms with Gasteiger partial charge in [-0.3, -0.25) is 9.69 Å². The van der Waals surface area contributed by atoms with Crippen molar-refractivity contribution < 1.29 is 26.4 Å². The van der Waals surface area contributed by atoms with Crippen molar-refractivity contribution in [1.82, 2.24) is 14.5 Å². The molecule has 1 aliphatic heterocycles. The lowest BCUT2D eigenvalue weighted by Crippen LogP contribution is -2.48. The first-order chi connectivity index (χ1) is 15.1. The summed E-state index contributed by atoms with van der Waals surface area (Å²) < 4.78 is 64.4. The number of benzene rings is 2. The smallest absolute Gasteiger partial charge is 0.336 e. The lowest BCUT2D eigenvalue weighted by Gasteiger charge is -2.34. The second-order valence-electron chi connectivity index (χ2n) is 7.32. The lowest BCUT2D eigenvalue weighted by molar-refractivity contribution is -0.137. The second kappa shape index (κ2) is 9.73. The van der Waals surface area contributed by atoms with Crippen LogP contribution in [0.4, 0.5) is 13.2 Å². The number of nitrogens with one attached hydrogen (secondary N) is 1. The summed E-state index contributed by atoms with van der Waals surface area (Å²) in [5.74, 6) is 1.98. The minimum Gasteiger partial charge on any atom is -0.336 e. The molecule has 6 nitrogen and oxygen atoms in total. The predicted molar refractivity (Wildman–Crippen MR) is 113 cm³/mol. The zero-order chi connectivity index (χ0) is 23.4. The van der Waals surface area contributed by atoms with Gasteiger partial charge in [-0.15, -0.1) is 6.42 Å². The minimum atomic E-state index is -4.36. The van der Waals surface area contributed by atoms with Crippen LogP contribution < -0.4 is 4.72 Å². The van der Waals surface area contributed by atoms with E-state index in [-0.39, 0.29) is 17.3 Å². The standard InChI is InChI=1S/C22H22F3N3O3S/c1-2-11-26-32(30,31)20-9-5-18(6-10-20)21(29)28-14-12-27(13-15-28)16-17-3-7-19(8-4-17)22(23,24)25/h1,3-10,26H,11-16H2. The van der Waals surface area contributed by atoms with Crippen LogP contribution in [0.5, 0.6) is 0 Å². The van der Waals surface area contributed by atoms with Crippen molar-refractivity contribution in [2.24, 2.45) is 0 Å². The van der Waals surface area contributed by atoms with E-state index >= 15 is 0 Å². The molecule has 0 aliphatic carbocycles. The van der Waals surface area contributed by atoms with Crippen molar-refractivity contribution in [2.45, 2.75) is 17.6 Å². The molecule has 1 N–H and O–H groups in total. The molecule has 170 valence electrons. The number of amides is 1. The fourth-order valence-corrected chi connectivity index (χ4v) is 4.28. The van der Waals surface area contributed by atoms with Gasteiger partial charge in [-0.05, 0) is 42.0 Å². The zero-order valence-electron chi connectivity index (χ0n) is 17.1. The summed E-state index contributed by atoms with van der Waals surface area (Å²) in [7, 11) is -3.72. The van der Waals surface area contributed by atoms with Gasteiger partial charge in [0.1, 0.15) is 0 Å². The van der Waals surface area contributed by atoms with E-state index in [4.69, 9.17) is 6.42 Å². The van der Waals surface area contributed by atoms with Crippen LogP contribution in [0.3, 0.4) is 0 Å². The van der Waals surface area contributed by atoms with E-state index in [0.29, 0.717) is 38.3 Å². The van der Waals surface area contributed by atoms with Crippen molar-refractivity contribution in [1.29, 1.82) is 0 Å². The van der Waals surface area contributed by atoms with Crippen molar-refractivity contribution >= 4 is 15.9 Å². The Morgan fingerprint density at radius 2 is 1.59 bits per heavy atom. The summed E-state index contributed by atoms with van der Waals surface area (Å²) in [6.07, 6.45) is 0.707. The second-order valence-corrected chi connectivity index (χ2v) is 9.08. The summed E-state index contributed by atoms with van der Waals surface area (Å²) >= 11 is 0. The zero-order valence-corrected chi connectivity index (χ0v) is 17.9. The summed E-state index contributed by atoms with van der Waals surface area (Å²) in [6.45, 7) is 2.45. The van der Waals surface area contributed by atoms with Gasteiger partial charge in [-0.1, -0.05) is 18.1 Å². The molecule has 0 saturated carbocycles. The first kappa shape index (κ1) is 23.8. The Bertz CT molecular complexity index is 1080. The molecule has 2 aromatic rings. The Balaban J connectivity index is 1.55. The third kappa shape index (κ3) is 5.88. The van der Waals surface area contributed by atoms with Crippen molar-refractivity contribution in [3.63, 3.8) is 0 Å². The number of nitrogens with zero attached hydrogens (tertiary/aromatic N) is 2. The number of halogens is 3. The molecule has 1 saturated heterocycles. The molecule has 0 spiro atoms. The summed E-state index contributed by atoms with van der Waals surface area (Å²) in [5.41, 5.74) is 0.465. The molecule has 10 heteroatoms. The summed E-state index contributed by atoms with van der Waals surface area (Å²) in [5, 5.41) is 0. The van der Waals surface area contributed by atoms with Gasteiger partial charge in [0.15, 0.2) is 0 Å². The first-order valence-corrected chi connectivity index (χ1v) is 11.3. The van der Waals surface area contributed by atoms with Gasteiger partial charge in [0.2, 0.25) is 10.0 Å². The van der Waals surface area contributed by atoms with Gasteiger partial charge in [-0.2, -0.15) is 17.9 Å². The first-order valence-electron chi connectivity index (χ1n) is 9.81. The highest BCUT2D eigenvalue weighted by atomic mass is 32.2. The van der Waals surface area contributed by atoms with E-state index < -0.39 is 21.8 Å². The molecule has 1 aliphatic rings. The maximum Gasteiger partial charge on any atom is 0.416 e. The molecule has 1 fully saturated rings. The number of hydrogen-bond donors (Lipinski definition) is 1. The highest BCUT2D eigenvalue weighted by molar-refractivity contribution is 7.89. The molecular weight excluding hydrogens is 443 g/mol. The average molecular weight is 465 g/mol. The van der Waals surface area contributed by atoms with Crippen LogP contribution in [0, 0.1) is 12.3 Å². The third-order valence-corrected chi connectivity index (χ3v) is 6.54. The predicted octanol–water partition coefficient (Wildman–Crippen LogP) is 2.57. The van der Waals surface area contributed by atoms with Gasteiger partial charge in [-0.25, -0.2) is 8.42 Å². The number of carbonyl (C=O) groups is 1. The number of hydrogen-bond acceptors (Lipinski definition) is 4. The minimum absolute atomic E-state index is 0.0191. The van der Waals surface area contributed by atoms with Crippen LogP contribution in [-0.2, 0) is 22.7 Å². The van der Waals surface area contributed by atoms with E-state index in [1.807, 2.05) is 0 Å². The topological polar surface area (TPSA) is 69.7 Å². The Hall–Kier alpha value is -2.87. The molecule has 0 unspecified atom stereocenters. The fourth-order valence-electron chi connectivity index (χ4n) is 3.35. The van der Waals surface area contributed by atoms with Crippen LogP contribution in [0.15, 0.2) is 53.4 Å². The number of sulfonamides is 1. The van der Waals surface area contributed by atoms with Crippen LogP contribution in [0.25, 0.3) is 0 Å². The van der Waals surface area contributed by atoms with E-state index in [1.54, 1.807) is 4.90 Å². The Morgan fingerprint density at radius 3 is 2.12 bits per heavy atom. The summed E-state index contributed by atoms with van der Waals surface area (Å²) in [4.78, 5) is 16.5. The van der Waals surface area contributed by atoms with Gasteiger partial charge in [0.05, 0.1) is 17.0 Å². The van der Waals surface area contributed by atoms with E-state index in [0.717, 1.165) is 17.7 Å². The fraction of sp³-hybridized carbons (Fsp3) is 0.318. The van der Waals surface area contributed by atoms with E-state index in [9.17, 15) is 26.4 Å². The van der Waals surface area contributed by atoms with Gasteiger partial charge >= 0.3 is 6.18 Å². The number of rotatable bonds is 6. The third-order valence-electron chi connectivity index (χ3n) is 5.12. The van der Waals surface area contributed by atoms with Crippen LogP contribution in [-0.4, -0.2) is 56.8 Å². The molecule has 1 heterocycles. The highest BCUT2D eigenvalue weighted by Gasteiger charge is 2.30. The highest BCUT2D eigenvalue weighted by Crippen LogP contribution is 2.29. The van der Waals surface area contributed by atoms with Crippen LogP contribution in [0.1, 0.15) is 21.5 Å². The Labute approximate surface area is 185 Å². The Morgan fingerprint density at radius 1 is 1.00 bits per heavy atom. The van der Waals surface area contributed by atoms with Gasteiger partial charge in [0, 0.05) is 38.3 Å². The number of piperazine rings is 1. The SMILES string of the molecule is C#CCNS(=O)(=O)c1ccc(C(=O)N2CCN(Cc3ccc(C(F)(F)F)cc3)CC2)cc1. The molecule has 2 aromatic carbocycles. The molecular formula is C22H22F3N3O3S. The lowest BCUT2D eigenvalue weighted by atomic mass is 10.1. The van der Waals surface area contributed by atoms with Crippen molar-refractivity contribution in [3.8, 4) is 12.3 Å². The van der Waals surface area contributed by atoms with Crippen LogP contribution in [0.2, 0.25) is 0 Å². The molecule has 0 aromatic heterocycles. The Kier molecular flexibility index (Phi) is 7.23. The number of terminal acetylenes is 1. The molecule has 3 rings (SSSR count). The molecule has 0 bridgehead atoms. The van der Waals surface area contributed by atoms with E-state index in [2.05, 4.69) is 15.5 Å². The number of carbonyl (C=O) groups excluding carboxylic acids is 1. The monoisotopic (exact) mass is 465 g/mol. The summed E-state index contributed by atoms with van der Waals surface area (Å²) in [6, 6.07) is 10.7. The van der Waals surface area contributed by atoms with Crippen LogP contribution >= 0.6 is 0 Å². The van der Waals surface area contributed by atoms with E-state index in [1.165, 1.54) is 36.4 Å².